The van der Waals surface area contributed by atoms with Crippen LogP contribution in [0, 0.1) is 0 Å². The Balaban J connectivity index is 1.97. The Kier molecular flexibility index (Phi) is 4.15. The molecule has 1 fully saturated rings. The summed E-state index contributed by atoms with van der Waals surface area (Å²) in [6, 6.07) is 7.23. The molecule has 0 unspecified atom stereocenters. The van der Waals surface area contributed by atoms with Crippen LogP contribution in [0.15, 0.2) is 24.3 Å². The predicted octanol–water partition coefficient (Wildman–Crippen LogP) is 1.32. The molecule has 1 aromatic rings. The number of carbonyl (C=O) groups excluding carboxylic acids is 1. The molecule has 1 heterocycles. The Labute approximate surface area is 112 Å². The number of hydrogen-bond donors (Lipinski definition) is 1. The van der Waals surface area contributed by atoms with Crippen LogP contribution in [-0.2, 0) is 4.79 Å². The maximum atomic E-state index is 11.8. The van der Waals surface area contributed by atoms with Crippen molar-refractivity contribution in [3.63, 3.8) is 0 Å². The molecule has 5 heteroatoms. The monoisotopic (exact) mass is 264 g/mol. The van der Waals surface area contributed by atoms with E-state index in [1.807, 2.05) is 17.0 Å². The number of carbonyl (C=O) groups is 1. The van der Waals surface area contributed by atoms with Gasteiger partial charge in [-0.1, -0.05) is 24.4 Å². The van der Waals surface area contributed by atoms with Crippen molar-refractivity contribution < 1.29 is 9.53 Å². The number of nitrogens with zero attached hydrogens (tertiary/aromatic N) is 1. The van der Waals surface area contributed by atoms with Gasteiger partial charge in [0.05, 0.1) is 5.56 Å². The second kappa shape index (κ2) is 5.82. The normalized spacial score (nSPS) is 14.6. The third-order valence-electron chi connectivity index (χ3n) is 2.96. The molecule has 4 nitrogen and oxygen atoms in total. The van der Waals surface area contributed by atoms with Gasteiger partial charge in [0.25, 0.3) is 5.91 Å². The molecule has 1 saturated heterocycles. The maximum absolute atomic E-state index is 11.8. The SMILES string of the molecule is NC(=S)c1ccccc1OCC(=O)N1CCCC1. The van der Waals surface area contributed by atoms with Crippen molar-refractivity contribution in [2.45, 2.75) is 12.8 Å². The van der Waals surface area contributed by atoms with E-state index in [1.54, 1.807) is 12.1 Å². The third-order valence-corrected chi connectivity index (χ3v) is 3.18. The third kappa shape index (κ3) is 2.98. The molecule has 2 N–H and O–H groups in total. The summed E-state index contributed by atoms with van der Waals surface area (Å²) in [7, 11) is 0. The molecule has 1 aromatic carbocycles. The highest BCUT2D eigenvalue weighted by molar-refractivity contribution is 7.80. The van der Waals surface area contributed by atoms with Crippen molar-refractivity contribution in [2.75, 3.05) is 19.7 Å². The lowest BCUT2D eigenvalue weighted by Gasteiger charge is -2.16. The van der Waals surface area contributed by atoms with E-state index in [0.717, 1.165) is 25.9 Å². The molecular weight excluding hydrogens is 248 g/mol. The Morgan fingerprint density at radius 3 is 2.67 bits per heavy atom. The first-order chi connectivity index (χ1) is 8.68. The average Bonchev–Trinajstić information content (AvgIpc) is 2.90. The summed E-state index contributed by atoms with van der Waals surface area (Å²) in [5.74, 6) is 0.586. The molecule has 0 spiro atoms. The standard InChI is InChI=1S/C13H16N2O2S/c14-13(18)10-5-1-2-6-11(10)17-9-12(16)15-7-3-4-8-15/h1-2,5-6H,3-4,7-9H2,(H2,14,18). The predicted molar refractivity (Wildman–Crippen MR) is 73.6 cm³/mol. The van der Waals surface area contributed by atoms with Crippen LogP contribution in [0.3, 0.4) is 0 Å². The van der Waals surface area contributed by atoms with Gasteiger partial charge < -0.3 is 15.4 Å². The molecule has 2 rings (SSSR count). The minimum absolute atomic E-state index is 0.0187. The molecule has 1 aliphatic heterocycles. The van der Waals surface area contributed by atoms with Gasteiger partial charge in [-0.25, -0.2) is 0 Å². The first-order valence-corrected chi connectivity index (χ1v) is 6.38. The molecule has 0 radical (unpaired) electrons. The van der Waals surface area contributed by atoms with Gasteiger partial charge in [-0.3, -0.25) is 4.79 Å². The lowest BCUT2D eigenvalue weighted by molar-refractivity contribution is -0.132. The summed E-state index contributed by atoms with van der Waals surface area (Å²) < 4.78 is 5.51. The van der Waals surface area contributed by atoms with Crippen LogP contribution in [0.5, 0.6) is 5.75 Å². The van der Waals surface area contributed by atoms with E-state index in [2.05, 4.69) is 0 Å². The summed E-state index contributed by atoms with van der Waals surface area (Å²) >= 11 is 4.94. The summed E-state index contributed by atoms with van der Waals surface area (Å²) in [6.07, 6.45) is 2.16. The number of rotatable bonds is 4. The highest BCUT2D eigenvalue weighted by atomic mass is 32.1. The number of benzene rings is 1. The Bertz CT molecular complexity index is 456. The first kappa shape index (κ1) is 12.8. The largest absolute Gasteiger partial charge is 0.483 e. The van der Waals surface area contributed by atoms with E-state index in [-0.39, 0.29) is 17.5 Å². The molecule has 0 atom stereocenters. The van der Waals surface area contributed by atoms with Crippen molar-refractivity contribution in [2.24, 2.45) is 5.73 Å². The maximum Gasteiger partial charge on any atom is 0.260 e. The van der Waals surface area contributed by atoms with Crippen LogP contribution >= 0.6 is 12.2 Å². The highest BCUT2D eigenvalue weighted by Gasteiger charge is 2.18. The number of ether oxygens (including phenoxy) is 1. The number of para-hydroxylation sites is 1. The van der Waals surface area contributed by atoms with Gasteiger partial charge >= 0.3 is 0 Å². The molecular formula is C13H16N2O2S. The molecule has 1 amide bonds. The summed E-state index contributed by atoms with van der Waals surface area (Å²) in [6.45, 7) is 1.71. The Morgan fingerprint density at radius 2 is 2.00 bits per heavy atom. The quantitative estimate of drug-likeness (QED) is 0.833. The van der Waals surface area contributed by atoms with Crippen LogP contribution in [0.4, 0.5) is 0 Å². The molecule has 18 heavy (non-hydrogen) atoms. The van der Waals surface area contributed by atoms with Gasteiger partial charge in [-0.15, -0.1) is 0 Å². The Morgan fingerprint density at radius 1 is 1.33 bits per heavy atom. The van der Waals surface area contributed by atoms with Gasteiger partial charge in [0, 0.05) is 13.1 Å². The van der Waals surface area contributed by atoms with Gasteiger partial charge in [0.15, 0.2) is 6.61 Å². The summed E-state index contributed by atoms with van der Waals surface area (Å²) in [5.41, 5.74) is 6.27. The zero-order valence-corrected chi connectivity index (χ0v) is 10.9. The number of hydrogen-bond acceptors (Lipinski definition) is 3. The van der Waals surface area contributed by atoms with Gasteiger partial charge in [0.1, 0.15) is 10.7 Å². The topological polar surface area (TPSA) is 55.6 Å². The minimum Gasteiger partial charge on any atom is -0.483 e. The molecule has 96 valence electrons. The molecule has 0 aromatic heterocycles. The molecule has 0 aliphatic carbocycles. The molecule has 0 saturated carbocycles. The van der Waals surface area contributed by atoms with Gasteiger partial charge in [-0.05, 0) is 25.0 Å². The van der Waals surface area contributed by atoms with Crippen LogP contribution in [-0.4, -0.2) is 35.5 Å². The van der Waals surface area contributed by atoms with Crippen molar-refractivity contribution in [3.8, 4) is 5.75 Å². The van der Waals surface area contributed by atoms with Crippen molar-refractivity contribution in [3.05, 3.63) is 29.8 Å². The molecule has 0 bridgehead atoms. The van der Waals surface area contributed by atoms with Gasteiger partial charge in [0.2, 0.25) is 0 Å². The zero-order valence-electron chi connectivity index (χ0n) is 10.1. The van der Waals surface area contributed by atoms with Gasteiger partial charge in [-0.2, -0.15) is 0 Å². The highest BCUT2D eigenvalue weighted by Crippen LogP contribution is 2.18. The van der Waals surface area contributed by atoms with E-state index in [0.29, 0.717) is 11.3 Å². The van der Waals surface area contributed by atoms with E-state index in [9.17, 15) is 4.79 Å². The fraction of sp³-hybridized carbons (Fsp3) is 0.385. The van der Waals surface area contributed by atoms with Crippen LogP contribution in [0.25, 0.3) is 0 Å². The van der Waals surface area contributed by atoms with Crippen LogP contribution in [0.2, 0.25) is 0 Å². The smallest absolute Gasteiger partial charge is 0.260 e. The van der Waals surface area contributed by atoms with E-state index >= 15 is 0 Å². The first-order valence-electron chi connectivity index (χ1n) is 5.98. The zero-order chi connectivity index (χ0) is 13.0. The fourth-order valence-corrected chi connectivity index (χ4v) is 2.16. The summed E-state index contributed by atoms with van der Waals surface area (Å²) in [5, 5.41) is 0. The van der Waals surface area contributed by atoms with Crippen LogP contribution < -0.4 is 10.5 Å². The summed E-state index contributed by atoms with van der Waals surface area (Å²) in [4.78, 5) is 13.9. The van der Waals surface area contributed by atoms with E-state index in [1.165, 1.54) is 0 Å². The minimum atomic E-state index is 0.0187. The average molecular weight is 264 g/mol. The lowest BCUT2D eigenvalue weighted by atomic mass is 10.2. The number of amides is 1. The Hall–Kier alpha value is -1.62. The fourth-order valence-electron chi connectivity index (χ4n) is 1.99. The number of likely N-dealkylation sites (tertiary alicyclic amines) is 1. The number of nitrogens with two attached hydrogens (primary N) is 1. The number of thiocarbonyl (C=S) groups is 1. The van der Waals surface area contributed by atoms with E-state index in [4.69, 9.17) is 22.7 Å². The van der Waals surface area contributed by atoms with E-state index < -0.39 is 0 Å². The second-order valence-corrected chi connectivity index (χ2v) is 4.68. The van der Waals surface area contributed by atoms with Crippen molar-refractivity contribution in [1.82, 2.24) is 4.90 Å². The van der Waals surface area contributed by atoms with Crippen molar-refractivity contribution in [1.29, 1.82) is 0 Å². The second-order valence-electron chi connectivity index (χ2n) is 4.24. The lowest BCUT2D eigenvalue weighted by Crippen LogP contribution is -2.32. The van der Waals surface area contributed by atoms with Crippen molar-refractivity contribution >= 4 is 23.1 Å². The van der Waals surface area contributed by atoms with Crippen LogP contribution in [0.1, 0.15) is 18.4 Å². The molecule has 1 aliphatic rings.